The zero-order valence-corrected chi connectivity index (χ0v) is 17.2. The van der Waals surface area contributed by atoms with Crippen LogP contribution in [0.15, 0.2) is 58.1 Å². The van der Waals surface area contributed by atoms with Gasteiger partial charge in [0.1, 0.15) is 12.4 Å². The Morgan fingerprint density at radius 2 is 1.67 bits per heavy atom. The highest BCUT2D eigenvalue weighted by Crippen LogP contribution is 2.16. The number of ether oxygens (including phenoxy) is 1. The summed E-state index contributed by atoms with van der Waals surface area (Å²) in [5.74, 6) is -0.461. The van der Waals surface area contributed by atoms with E-state index < -0.39 is 17.0 Å². The first-order valence-corrected chi connectivity index (χ1v) is 9.66. The third kappa shape index (κ3) is 4.26. The molecule has 0 unspecified atom stereocenters. The predicted molar refractivity (Wildman–Crippen MR) is 112 cm³/mol. The third-order valence-electron chi connectivity index (χ3n) is 4.80. The Morgan fingerprint density at radius 1 is 1.03 bits per heavy atom. The molecule has 7 nitrogen and oxygen atoms in total. The number of aryl methyl sites for hydroxylation is 2. The van der Waals surface area contributed by atoms with Gasteiger partial charge in [-0.1, -0.05) is 59.2 Å². The SMILES string of the molecule is CCc1c(C(=O)c2cc(C)cc(C)c2)n(COCc2ccccc2)c(=O)n(O)c1=O. The van der Waals surface area contributed by atoms with Crippen LogP contribution in [0.5, 0.6) is 0 Å². The highest BCUT2D eigenvalue weighted by molar-refractivity contribution is 6.09. The van der Waals surface area contributed by atoms with Crippen molar-refractivity contribution in [2.45, 2.75) is 40.5 Å². The van der Waals surface area contributed by atoms with Gasteiger partial charge in [0.2, 0.25) is 5.78 Å². The van der Waals surface area contributed by atoms with E-state index in [0.29, 0.717) is 5.56 Å². The van der Waals surface area contributed by atoms with Crippen molar-refractivity contribution in [3.8, 4) is 0 Å². The van der Waals surface area contributed by atoms with Gasteiger partial charge in [-0.15, -0.1) is 0 Å². The fraction of sp³-hybridized carbons (Fsp3) is 0.261. The van der Waals surface area contributed by atoms with Crippen LogP contribution in [-0.4, -0.2) is 20.3 Å². The highest BCUT2D eigenvalue weighted by atomic mass is 16.5. The Kier molecular flexibility index (Phi) is 6.32. The molecule has 0 radical (unpaired) electrons. The van der Waals surface area contributed by atoms with Crippen LogP contribution in [0.25, 0.3) is 0 Å². The molecule has 1 aromatic heterocycles. The minimum absolute atomic E-state index is 0.0307. The molecule has 0 spiro atoms. The second kappa shape index (κ2) is 8.92. The first kappa shape index (κ1) is 21.3. The molecule has 0 saturated carbocycles. The number of aromatic nitrogens is 2. The highest BCUT2D eigenvalue weighted by Gasteiger charge is 2.24. The van der Waals surface area contributed by atoms with E-state index in [1.54, 1.807) is 19.1 Å². The Labute approximate surface area is 173 Å². The number of benzene rings is 2. The minimum atomic E-state index is -1.02. The molecular weight excluding hydrogens is 384 g/mol. The maximum Gasteiger partial charge on any atom is 0.366 e. The summed E-state index contributed by atoms with van der Waals surface area (Å²) in [6.07, 6.45) is 0.171. The van der Waals surface area contributed by atoms with Gasteiger partial charge in [0.05, 0.1) is 6.61 Å². The molecule has 2 aromatic carbocycles. The molecule has 3 aromatic rings. The van der Waals surface area contributed by atoms with Gasteiger partial charge in [-0.3, -0.25) is 14.2 Å². The van der Waals surface area contributed by atoms with Crippen LogP contribution in [0, 0.1) is 13.8 Å². The lowest BCUT2D eigenvalue weighted by Gasteiger charge is -2.17. The van der Waals surface area contributed by atoms with Crippen molar-refractivity contribution in [2.24, 2.45) is 0 Å². The normalized spacial score (nSPS) is 10.9. The van der Waals surface area contributed by atoms with Gasteiger partial charge in [-0.05, 0) is 38.0 Å². The number of carbonyl (C=O) groups excluding carboxylic acids is 1. The quantitative estimate of drug-likeness (QED) is 0.480. The van der Waals surface area contributed by atoms with E-state index in [1.807, 2.05) is 50.2 Å². The Morgan fingerprint density at radius 3 is 2.27 bits per heavy atom. The summed E-state index contributed by atoms with van der Waals surface area (Å²) in [6, 6.07) is 14.7. The average molecular weight is 408 g/mol. The first-order chi connectivity index (χ1) is 14.3. The molecule has 0 aliphatic heterocycles. The van der Waals surface area contributed by atoms with E-state index in [0.717, 1.165) is 21.3 Å². The van der Waals surface area contributed by atoms with Gasteiger partial charge in [-0.2, -0.15) is 0 Å². The van der Waals surface area contributed by atoms with Gasteiger partial charge in [0, 0.05) is 11.1 Å². The summed E-state index contributed by atoms with van der Waals surface area (Å²) < 4.78 is 6.69. The van der Waals surface area contributed by atoms with Crippen LogP contribution < -0.4 is 11.2 Å². The molecule has 1 N–H and O–H groups in total. The molecule has 1 heterocycles. The summed E-state index contributed by atoms with van der Waals surface area (Å²) in [6.45, 7) is 5.34. The van der Waals surface area contributed by atoms with Crippen LogP contribution in [0.2, 0.25) is 0 Å². The molecule has 0 aliphatic carbocycles. The number of hydrogen-bond acceptors (Lipinski definition) is 5. The molecule has 0 aliphatic rings. The number of hydrogen-bond donors (Lipinski definition) is 1. The second-order valence-corrected chi connectivity index (χ2v) is 7.18. The van der Waals surface area contributed by atoms with Crippen molar-refractivity contribution < 1.29 is 14.7 Å². The smallest absolute Gasteiger partial charge is 0.366 e. The van der Waals surface area contributed by atoms with Crippen LogP contribution in [-0.2, 0) is 24.5 Å². The monoisotopic (exact) mass is 408 g/mol. The number of rotatable bonds is 7. The van der Waals surface area contributed by atoms with Gasteiger partial charge in [0.15, 0.2) is 0 Å². The first-order valence-electron chi connectivity index (χ1n) is 9.66. The molecular formula is C23H24N2O5. The third-order valence-corrected chi connectivity index (χ3v) is 4.80. The molecule has 156 valence electrons. The van der Waals surface area contributed by atoms with E-state index >= 15 is 0 Å². The Bertz CT molecular complexity index is 1170. The lowest BCUT2D eigenvalue weighted by atomic mass is 9.99. The van der Waals surface area contributed by atoms with Crippen LogP contribution in [0.3, 0.4) is 0 Å². The molecule has 0 fully saturated rings. The van der Waals surface area contributed by atoms with Crippen molar-refractivity contribution in [3.05, 3.63) is 103 Å². The zero-order valence-electron chi connectivity index (χ0n) is 17.2. The zero-order chi connectivity index (χ0) is 21.8. The second-order valence-electron chi connectivity index (χ2n) is 7.18. The number of nitrogens with zero attached hydrogens (tertiary/aromatic N) is 2. The van der Waals surface area contributed by atoms with Crippen molar-refractivity contribution in [1.29, 1.82) is 0 Å². The summed E-state index contributed by atoms with van der Waals surface area (Å²) >= 11 is 0. The molecule has 0 atom stereocenters. The van der Waals surface area contributed by atoms with E-state index in [4.69, 9.17) is 4.74 Å². The Hall–Kier alpha value is -3.45. The molecule has 3 rings (SSSR count). The van der Waals surface area contributed by atoms with E-state index in [-0.39, 0.29) is 35.7 Å². The maximum absolute atomic E-state index is 13.4. The van der Waals surface area contributed by atoms with Gasteiger partial charge >= 0.3 is 5.69 Å². The fourth-order valence-corrected chi connectivity index (χ4v) is 3.46. The van der Waals surface area contributed by atoms with Crippen molar-refractivity contribution in [2.75, 3.05) is 0 Å². The predicted octanol–water partition coefficient (Wildman–Crippen LogP) is 2.83. The summed E-state index contributed by atoms with van der Waals surface area (Å²) in [5, 5.41) is 9.98. The topological polar surface area (TPSA) is 90.5 Å². The average Bonchev–Trinajstić information content (AvgIpc) is 2.73. The van der Waals surface area contributed by atoms with Crippen LogP contribution in [0.4, 0.5) is 0 Å². The maximum atomic E-state index is 13.4. The van der Waals surface area contributed by atoms with Gasteiger partial charge < -0.3 is 9.94 Å². The molecule has 30 heavy (non-hydrogen) atoms. The van der Waals surface area contributed by atoms with Crippen LogP contribution >= 0.6 is 0 Å². The van der Waals surface area contributed by atoms with E-state index in [2.05, 4.69) is 0 Å². The minimum Gasteiger partial charge on any atom is -0.421 e. The summed E-state index contributed by atoms with van der Waals surface area (Å²) in [7, 11) is 0. The molecule has 0 bridgehead atoms. The van der Waals surface area contributed by atoms with Crippen LogP contribution in [0.1, 0.15) is 45.2 Å². The molecule has 0 saturated heterocycles. The largest absolute Gasteiger partial charge is 0.421 e. The van der Waals surface area contributed by atoms with E-state index in [1.165, 1.54) is 0 Å². The standard InChI is InChI=1S/C23H24N2O5/c1-4-19-20(21(26)18-11-15(2)10-16(3)12-18)24(23(28)25(29)22(19)27)14-30-13-17-8-6-5-7-9-17/h5-12,29H,4,13-14H2,1-3H3. The lowest BCUT2D eigenvalue weighted by Crippen LogP contribution is -2.44. The summed E-state index contributed by atoms with van der Waals surface area (Å²) in [4.78, 5) is 38.5. The van der Waals surface area contributed by atoms with Crippen molar-refractivity contribution in [1.82, 2.24) is 9.30 Å². The van der Waals surface area contributed by atoms with Gasteiger partial charge in [0.25, 0.3) is 5.56 Å². The fourth-order valence-electron chi connectivity index (χ4n) is 3.46. The number of ketones is 1. The Balaban J connectivity index is 2.08. The molecule has 0 amide bonds. The molecule has 7 heteroatoms. The van der Waals surface area contributed by atoms with E-state index in [9.17, 15) is 19.6 Å². The van der Waals surface area contributed by atoms with Crippen molar-refractivity contribution in [3.63, 3.8) is 0 Å². The lowest BCUT2D eigenvalue weighted by molar-refractivity contribution is 0.0492. The number of carbonyl (C=O) groups is 1. The van der Waals surface area contributed by atoms with Crippen molar-refractivity contribution >= 4 is 5.78 Å². The van der Waals surface area contributed by atoms with Gasteiger partial charge in [-0.25, -0.2) is 4.79 Å². The summed E-state index contributed by atoms with van der Waals surface area (Å²) in [5.41, 5.74) is 1.13.